The molecular formula is C19H15ClN4S. The number of hydrogen-bond acceptors (Lipinski definition) is 4. The van der Waals surface area contributed by atoms with E-state index in [0.717, 1.165) is 43.9 Å². The molecule has 6 heteroatoms. The standard InChI is InChI=1S/C19H15ClN4S/c1-13-22-23-19(24(13)15-6-3-2-4-7-15)25-12-14-9-10-17(20)16-8-5-11-21-18(14)16/h2-11H,12H2,1H3. The summed E-state index contributed by atoms with van der Waals surface area (Å²) >= 11 is 7.92. The van der Waals surface area contributed by atoms with Crippen molar-refractivity contribution in [1.82, 2.24) is 19.7 Å². The number of nitrogens with zero attached hydrogens (tertiary/aromatic N) is 4. The van der Waals surface area contributed by atoms with Crippen molar-refractivity contribution in [3.05, 3.63) is 77.2 Å². The van der Waals surface area contributed by atoms with Gasteiger partial charge in [-0.2, -0.15) is 0 Å². The van der Waals surface area contributed by atoms with Crippen LogP contribution in [0.4, 0.5) is 0 Å². The second kappa shape index (κ2) is 6.86. The largest absolute Gasteiger partial charge is 0.274 e. The molecule has 25 heavy (non-hydrogen) atoms. The Morgan fingerprint density at radius 1 is 1.00 bits per heavy atom. The van der Waals surface area contributed by atoms with Gasteiger partial charge in [0.1, 0.15) is 5.82 Å². The number of aryl methyl sites for hydroxylation is 1. The minimum absolute atomic E-state index is 0.722. The van der Waals surface area contributed by atoms with E-state index in [4.69, 9.17) is 11.6 Å². The van der Waals surface area contributed by atoms with Crippen molar-refractivity contribution in [2.75, 3.05) is 0 Å². The third-order valence-corrected chi connectivity index (χ3v) is 5.27. The fourth-order valence-electron chi connectivity index (χ4n) is 2.77. The van der Waals surface area contributed by atoms with Gasteiger partial charge in [0.2, 0.25) is 0 Å². The lowest BCUT2D eigenvalue weighted by atomic mass is 10.1. The first-order valence-corrected chi connectivity index (χ1v) is 9.23. The lowest BCUT2D eigenvalue weighted by molar-refractivity contribution is 0.868. The second-order valence-corrected chi connectivity index (χ2v) is 6.95. The molecule has 2 aromatic heterocycles. The van der Waals surface area contributed by atoms with Crippen LogP contribution in [-0.4, -0.2) is 19.7 Å². The van der Waals surface area contributed by atoms with Crippen LogP contribution in [0.15, 0.2) is 66.0 Å². The van der Waals surface area contributed by atoms with Gasteiger partial charge in [-0.1, -0.05) is 47.6 Å². The molecule has 0 aliphatic rings. The van der Waals surface area contributed by atoms with Crippen molar-refractivity contribution in [1.29, 1.82) is 0 Å². The van der Waals surface area contributed by atoms with Crippen LogP contribution in [0.25, 0.3) is 16.6 Å². The van der Waals surface area contributed by atoms with E-state index in [9.17, 15) is 0 Å². The van der Waals surface area contributed by atoms with Gasteiger partial charge in [-0.05, 0) is 42.8 Å². The van der Waals surface area contributed by atoms with Crippen LogP contribution in [0, 0.1) is 6.92 Å². The molecule has 2 heterocycles. The lowest BCUT2D eigenvalue weighted by Crippen LogP contribution is -1.99. The maximum absolute atomic E-state index is 6.28. The number of benzene rings is 2. The van der Waals surface area contributed by atoms with E-state index in [1.165, 1.54) is 0 Å². The van der Waals surface area contributed by atoms with E-state index in [2.05, 4.69) is 31.9 Å². The molecule has 4 aromatic rings. The smallest absolute Gasteiger partial charge is 0.196 e. The molecule has 0 saturated heterocycles. The molecule has 0 unspecified atom stereocenters. The van der Waals surface area contributed by atoms with Crippen LogP contribution in [0.1, 0.15) is 11.4 Å². The molecule has 124 valence electrons. The molecule has 0 radical (unpaired) electrons. The summed E-state index contributed by atoms with van der Waals surface area (Å²) in [6.45, 7) is 1.96. The normalized spacial score (nSPS) is 11.1. The predicted octanol–water partition coefficient (Wildman–Crippen LogP) is 5.07. The van der Waals surface area contributed by atoms with Crippen molar-refractivity contribution in [2.24, 2.45) is 0 Å². The number of para-hydroxylation sites is 1. The zero-order valence-corrected chi connectivity index (χ0v) is 15.1. The molecule has 0 N–H and O–H groups in total. The third kappa shape index (κ3) is 3.13. The number of thioether (sulfide) groups is 1. The highest BCUT2D eigenvalue weighted by atomic mass is 35.5. The number of halogens is 1. The SMILES string of the molecule is Cc1nnc(SCc2ccc(Cl)c3cccnc23)n1-c1ccccc1. The predicted molar refractivity (Wildman–Crippen MR) is 102 cm³/mol. The van der Waals surface area contributed by atoms with Crippen molar-refractivity contribution >= 4 is 34.3 Å². The van der Waals surface area contributed by atoms with Gasteiger partial charge < -0.3 is 0 Å². The summed E-state index contributed by atoms with van der Waals surface area (Å²) in [5.74, 6) is 1.61. The Morgan fingerprint density at radius 3 is 2.68 bits per heavy atom. The minimum atomic E-state index is 0.722. The zero-order valence-electron chi connectivity index (χ0n) is 13.6. The maximum atomic E-state index is 6.28. The van der Waals surface area contributed by atoms with E-state index in [0.29, 0.717) is 0 Å². The molecule has 0 bridgehead atoms. The number of hydrogen-bond donors (Lipinski definition) is 0. The number of aromatic nitrogens is 4. The van der Waals surface area contributed by atoms with E-state index in [-0.39, 0.29) is 0 Å². The van der Waals surface area contributed by atoms with Crippen molar-refractivity contribution < 1.29 is 0 Å². The quantitative estimate of drug-likeness (QED) is 0.473. The average molecular weight is 367 g/mol. The Bertz CT molecular complexity index is 1030. The molecule has 0 saturated carbocycles. The highest BCUT2D eigenvalue weighted by Crippen LogP contribution is 2.30. The molecule has 0 aliphatic heterocycles. The Labute approximate surface area is 154 Å². The maximum Gasteiger partial charge on any atom is 0.196 e. The summed E-state index contributed by atoms with van der Waals surface area (Å²) in [6.07, 6.45) is 1.80. The first-order chi connectivity index (χ1) is 12.2. The van der Waals surface area contributed by atoms with Gasteiger partial charge in [0, 0.05) is 28.0 Å². The summed E-state index contributed by atoms with van der Waals surface area (Å²) < 4.78 is 2.07. The highest BCUT2D eigenvalue weighted by molar-refractivity contribution is 7.98. The van der Waals surface area contributed by atoms with Crippen molar-refractivity contribution in [2.45, 2.75) is 17.8 Å². The first kappa shape index (κ1) is 16.1. The van der Waals surface area contributed by atoms with Crippen LogP contribution in [0.5, 0.6) is 0 Å². The highest BCUT2D eigenvalue weighted by Gasteiger charge is 2.13. The molecule has 2 aromatic carbocycles. The van der Waals surface area contributed by atoms with Crippen LogP contribution in [0.3, 0.4) is 0 Å². The molecule has 0 atom stereocenters. The molecule has 0 fully saturated rings. The van der Waals surface area contributed by atoms with Crippen molar-refractivity contribution in [3.63, 3.8) is 0 Å². The van der Waals surface area contributed by atoms with E-state index in [1.54, 1.807) is 18.0 Å². The van der Waals surface area contributed by atoms with E-state index >= 15 is 0 Å². The Balaban J connectivity index is 1.67. The lowest BCUT2D eigenvalue weighted by Gasteiger charge is -2.09. The fourth-order valence-corrected chi connectivity index (χ4v) is 3.96. The Kier molecular flexibility index (Phi) is 4.42. The monoisotopic (exact) mass is 366 g/mol. The van der Waals surface area contributed by atoms with Crippen LogP contribution < -0.4 is 0 Å². The summed E-state index contributed by atoms with van der Waals surface area (Å²) in [5.41, 5.74) is 3.13. The average Bonchev–Trinajstić information content (AvgIpc) is 3.03. The second-order valence-electron chi connectivity index (χ2n) is 5.60. The summed E-state index contributed by atoms with van der Waals surface area (Å²) in [4.78, 5) is 4.50. The first-order valence-electron chi connectivity index (χ1n) is 7.86. The van der Waals surface area contributed by atoms with E-state index < -0.39 is 0 Å². The van der Waals surface area contributed by atoms with Crippen molar-refractivity contribution in [3.8, 4) is 5.69 Å². The summed E-state index contributed by atoms with van der Waals surface area (Å²) in [6, 6.07) is 18.0. The van der Waals surface area contributed by atoms with Crippen LogP contribution in [-0.2, 0) is 5.75 Å². The molecule has 0 spiro atoms. The summed E-state index contributed by atoms with van der Waals surface area (Å²) in [7, 11) is 0. The van der Waals surface area contributed by atoms with Gasteiger partial charge in [0.25, 0.3) is 0 Å². The molecule has 4 rings (SSSR count). The van der Waals surface area contributed by atoms with Gasteiger partial charge in [0.05, 0.1) is 5.52 Å². The van der Waals surface area contributed by atoms with Gasteiger partial charge in [0.15, 0.2) is 5.16 Å². The topological polar surface area (TPSA) is 43.6 Å². The summed E-state index contributed by atoms with van der Waals surface area (Å²) in [5, 5.41) is 11.1. The third-order valence-electron chi connectivity index (χ3n) is 3.97. The molecule has 0 aliphatic carbocycles. The Hall–Kier alpha value is -2.37. The molecular weight excluding hydrogens is 352 g/mol. The van der Waals surface area contributed by atoms with Gasteiger partial charge in [-0.25, -0.2) is 0 Å². The zero-order chi connectivity index (χ0) is 17.2. The van der Waals surface area contributed by atoms with Gasteiger partial charge >= 0.3 is 0 Å². The molecule has 4 nitrogen and oxygen atoms in total. The van der Waals surface area contributed by atoms with Crippen LogP contribution in [0.2, 0.25) is 5.02 Å². The fraction of sp³-hybridized carbons (Fsp3) is 0.105. The van der Waals surface area contributed by atoms with Crippen LogP contribution >= 0.6 is 23.4 Å². The minimum Gasteiger partial charge on any atom is -0.274 e. The number of pyridine rings is 1. The number of rotatable bonds is 4. The van der Waals surface area contributed by atoms with Gasteiger partial charge in [-0.3, -0.25) is 9.55 Å². The van der Waals surface area contributed by atoms with Gasteiger partial charge in [-0.15, -0.1) is 10.2 Å². The Morgan fingerprint density at radius 2 is 1.84 bits per heavy atom. The van der Waals surface area contributed by atoms with E-state index in [1.807, 2.05) is 49.4 Å². The molecule has 0 amide bonds. The number of fused-ring (bicyclic) bond motifs is 1.